The van der Waals surface area contributed by atoms with Crippen molar-refractivity contribution in [3.05, 3.63) is 143 Å². The van der Waals surface area contributed by atoms with E-state index in [9.17, 15) is 19.2 Å². The lowest BCUT2D eigenvalue weighted by atomic mass is 10.1. The van der Waals surface area contributed by atoms with Crippen LogP contribution in [0.3, 0.4) is 0 Å². The van der Waals surface area contributed by atoms with Gasteiger partial charge in [-0.15, -0.1) is 0 Å². The van der Waals surface area contributed by atoms with E-state index in [4.69, 9.17) is 14.2 Å². The van der Waals surface area contributed by atoms with Crippen molar-refractivity contribution in [2.24, 2.45) is 0 Å². The second kappa shape index (κ2) is 12.2. The van der Waals surface area contributed by atoms with Crippen LogP contribution >= 0.6 is 0 Å². The molecule has 1 aliphatic heterocycles. The zero-order valence-corrected chi connectivity index (χ0v) is 21.7. The number of ether oxygens (including phenoxy) is 3. The van der Waals surface area contributed by atoms with Crippen LogP contribution in [0.4, 0.5) is 5.82 Å². The van der Waals surface area contributed by atoms with Crippen molar-refractivity contribution in [1.29, 1.82) is 0 Å². The molecule has 0 saturated carbocycles. The summed E-state index contributed by atoms with van der Waals surface area (Å²) in [5, 5.41) is 2.58. The van der Waals surface area contributed by atoms with Gasteiger partial charge in [-0.05, 0) is 42.5 Å². The summed E-state index contributed by atoms with van der Waals surface area (Å²) < 4.78 is 18.4. The Bertz CT molecular complexity index is 1620. The second-order valence-electron chi connectivity index (χ2n) is 9.08. The minimum absolute atomic E-state index is 0.0455. The lowest BCUT2D eigenvalue weighted by molar-refractivity contribution is -0.0578. The van der Waals surface area contributed by atoms with Gasteiger partial charge in [-0.3, -0.25) is 9.36 Å². The summed E-state index contributed by atoms with van der Waals surface area (Å²) in [5.74, 6) is -1.60. The SMILES string of the molecule is C=C1[C@H](n2ccc(NC(=O)c3ccccc3)nc2=O)O[C@@H](COC(=O)c2ccccc2)[C@H]1OC(=O)c1ccccc1. The fraction of sp³-hybridized carbons (Fsp3) is 0.129. The van der Waals surface area contributed by atoms with E-state index < -0.39 is 42.0 Å². The fourth-order valence-electron chi connectivity index (χ4n) is 4.24. The number of nitrogens with zero attached hydrogens (tertiary/aromatic N) is 2. The van der Waals surface area contributed by atoms with Crippen molar-refractivity contribution >= 4 is 23.7 Å². The van der Waals surface area contributed by atoms with Crippen LogP contribution in [0.25, 0.3) is 0 Å². The van der Waals surface area contributed by atoms with Crippen LogP contribution in [0.15, 0.2) is 120 Å². The van der Waals surface area contributed by atoms with Gasteiger partial charge in [0, 0.05) is 17.3 Å². The zero-order valence-electron chi connectivity index (χ0n) is 21.7. The number of carbonyl (C=O) groups excluding carboxylic acids is 3. The van der Waals surface area contributed by atoms with E-state index in [0.717, 1.165) is 4.57 Å². The highest BCUT2D eigenvalue weighted by atomic mass is 16.6. The number of nitrogens with one attached hydrogen (secondary N) is 1. The molecule has 1 fully saturated rings. The average Bonchev–Trinajstić information content (AvgIpc) is 3.31. The summed E-state index contributed by atoms with van der Waals surface area (Å²) in [6, 6.07) is 26.7. The Morgan fingerprint density at radius 3 is 1.98 bits per heavy atom. The highest BCUT2D eigenvalue weighted by Crippen LogP contribution is 2.35. The second-order valence-corrected chi connectivity index (χ2v) is 9.08. The van der Waals surface area contributed by atoms with Gasteiger partial charge in [0.2, 0.25) is 0 Å². The van der Waals surface area contributed by atoms with Gasteiger partial charge in [-0.2, -0.15) is 4.98 Å². The number of amides is 1. The molecular weight excluding hydrogens is 526 g/mol. The number of hydrogen-bond donors (Lipinski definition) is 1. The van der Waals surface area contributed by atoms with E-state index in [1.165, 1.54) is 12.3 Å². The molecule has 1 aromatic heterocycles. The van der Waals surface area contributed by atoms with Crippen molar-refractivity contribution in [3.63, 3.8) is 0 Å². The lowest BCUT2D eigenvalue weighted by Crippen LogP contribution is -2.33. The third-order valence-electron chi connectivity index (χ3n) is 6.32. The average molecular weight is 552 g/mol. The molecule has 10 heteroatoms. The zero-order chi connectivity index (χ0) is 28.8. The number of anilines is 1. The molecule has 0 spiro atoms. The molecule has 10 nitrogen and oxygen atoms in total. The van der Waals surface area contributed by atoms with E-state index in [1.54, 1.807) is 91.0 Å². The third-order valence-corrected chi connectivity index (χ3v) is 6.32. The van der Waals surface area contributed by atoms with Crippen molar-refractivity contribution in [2.75, 3.05) is 11.9 Å². The minimum atomic E-state index is -1.08. The Kier molecular flexibility index (Phi) is 8.12. The highest BCUT2D eigenvalue weighted by Gasteiger charge is 2.43. The lowest BCUT2D eigenvalue weighted by Gasteiger charge is -2.19. The van der Waals surface area contributed by atoms with Crippen LogP contribution in [0, 0.1) is 0 Å². The molecule has 1 N–H and O–H groups in total. The van der Waals surface area contributed by atoms with Gasteiger partial charge in [0.15, 0.2) is 12.3 Å². The first kappa shape index (κ1) is 27.2. The molecule has 0 bridgehead atoms. The summed E-state index contributed by atoms with van der Waals surface area (Å²) in [6.45, 7) is 3.75. The van der Waals surface area contributed by atoms with Crippen LogP contribution in [0.1, 0.15) is 37.3 Å². The summed E-state index contributed by atoms with van der Waals surface area (Å²) in [7, 11) is 0. The van der Waals surface area contributed by atoms with Crippen molar-refractivity contribution < 1.29 is 28.6 Å². The van der Waals surface area contributed by atoms with E-state index in [2.05, 4.69) is 16.9 Å². The fourth-order valence-corrected chi connectivity index (χ4v) is 4.24. The molecule has 0 unspecified atom stereocenters. The Labute approximate surface area is 234 Å². The largest absolute Gasteiger partial charge is 0.459 e. The number of esters is 2. The number of hydrogen-bond acceptors (Lipinski definition) is 8. The number of aromatic nitrogens is 2. The molecule has 3 atom stereocenters. The molecule has 5 rings (SSSR count). The van der Waals surface area contributed by atoms with Crippen LogP contribution in [-0.4, -0.2) is 46.2 Å². The smallest absolute Gasteiger partial charge is 0.351 e. The predicted molar refractivity (Wildman–Crippen MR) is 148 cm³/mol. The predicted octanol–water partition coefficient (Wildman–Crippen LogP) is 4.03. The number of benzene rings is 3. The van der Waals surface area contributed by atoms with Crippen LogP contribution in [0.5, 0.6) is 0 Å². The standard InChI is InChI=1S/C31H25N3O7/c1-20-26(41-30(37)23-15-9-4-10-16-23)24(19-39-29(36)22-13-7-3-8-14-22)40-28(20)34-18-17-25(33-31(34)38)32-27(35)21-11-5-2-6-12-21/h2-18,24,26,28H,1,19H2,(H,32,33,35,38)/t24-,26-,28+/m0/s1. The van der Waals surface area contributed by atoms with Crippen molar-refractivity contribution in [3.8, 4) is 0 Å². The molecule has 1 aliphatic rings. The van der Waals surface area contributed by atoms with Gasteiger partial charge < -0.3 is 19.5 Å². The third kappa shape index (κ3) is 6.29. The Hall–Kier alpha value is -5.35. The number of rotatable bonds is 8. The molecule has 3 aromatic carbocycles. The van der Waals surface area contributed by atoms with Crippen LogP contribution in [-0.2, 0) is 14.2 Å². The molecule has 1 saturated heterocycles. The molecule has 4 aromatic rings. The summed E-state index contributed by atoms with van der Waals surface area (Å²) >= 11 is 0. The first-order chi connectivity index (χ1) is 19.9. The summed E-state index contributed by atoms with van der Waals surface area (Å²) in [6.07, 6.45) is -1.69. The van der Waals surface area contributed by atoms with Gasteiger partial charge in [0.05, 0.1) is 11.1 Å². The first-order valence-electron chi connectivity index (χ1n) is 12.7. The van der Waals surface area contributed by atoms with Gasteiger partial charge in [-0.25, -0.2) is 14.4 Å². The highest BCUT2D eigenvalue weighted by molar-refractivity contribution is 6.03. The summed E-state index contributed by atoms with van der Waals surface area (Å²) in [4.78, 5) is 54.8. The van der Waals surface area contributed by atoms with Crippen molar-refractivity contribution in [1.82, 2.24) is 9.55 Å². The van der Waals surface area contributed by atoms with Crippen LogP contribution < -0.4 is 11.0 Å². The first-order valence-corrected chi connectivity index (χ1v) is 12.7. The van der Waals surface area contributed by atoms with Gasteiger partial charge in [0.1, 0.15) is 18.5 Å². The molecule has 1 amide bonds. The van der Waals surface area contributed by atoms with Gasteiger partial charge in [-0.1, -0.05) is 61.2 Å². The molecule has 0 aliphatic carbocycles. The Balaban J connectivity index is 1.35. The Morgan fingerprint density at radius 1 is 0.829 bits per heavy atom. The quantitative estimate of drug-likeness (QED) is 0.257. The van der Waals surface area contributed by atoms with Crippen molar-refractivity contribution in [2.45, 2.75) is 18.4 Å². The Morgan fingerprint density at radius 2 is 1.39 bits per heavy atom. The maximum atomic E-state index is 13.0. The van der Waals surface area contributed by atoms with Gasteiger partial charge in [0.25, 0.3) is 5.91 Å². The van der Waals surface area contributed by atoms with Crippen LogP contribution in [0.2, 0.25) is 0 Å². The maximum Gasteiger partial charge on any atom is 0.351 e. The molecular formula is C31H25N3O7. The normalized spacial score (nSPS) is 18.0. The molecule has 2 heterocycles. The molecule has 41 heavy (non-hydrogen) atoms. The van der Waals surface area contributed by atoms with E-state index >= 15 is 0 Å². The topological polar surface area (TPSA) is 126 Å². The van der Waals surface area contributed by atoms with Gasteiger partial charge >= 0.3 is 17.6 Å². The molecule has 0 radical (unpaired) electrons. The summed E-state index contributed by atoms with van der Waals surface area (Å²) in [5.41, 5.74) is 0.562. The monoisotopic (exact) mass is 551 g/mol. The maximum absolute atomic E-state index is 13.0. The van der Waals surface area contributed by atoms with E-state index in [0.29, 0.717) is 16.7 Å². The van der Waals surface area contributed by atoms with E-state index in [1.807, 2.05) is 0 Å². The number of carbonyl (C=O) groups is 3. The minimum Gasteiger partial charge on any atom is -0.459 e. The molecule has 206 valence electrons. The van der Waals surface area contributed by atoms with E-state index in [-0.39, 0.29) is 18.0 Å².